The van der Waals surface area contributed by atoms with Crippen LogP contribution in [0.3, 0.4) is 0 Å². The number of carbonyl (C=O) groups is 2. The molecule has 0 spiro atoms. The number of carbonyl (C=O) groups excluding carboxylic acids is 2. The quantitative estimate of drug-likeness (QED) is 0.223. The molecule has 5 rings (SSSR count). The van der Waals surface area contributed by atoms with Gasteiger partial charge in [-0.1, -0.05) is 43.0 Å². The molecule has 1 aliphatic carbocycles. The Labute approximate surface area is 240 Å². The molecule has 3 aromatic carbocycles. The first-order chi connectivity index (χ1) is 19.4. The van der Waals surface area contributed by atoms with Gasteiger partial charge in [0.15, 0.2) is 0 Å². The summed E-state index contributed by atoms with van der Waals surface area (Å²) in [4.78, 5) is 26.4. The van der Waals surface area contributed by atoms with Crippen LogP contribution >= 0.6 is 11.6 Å². The second-order valence-corrected chi connectivity index (χ2v) is 10.8. The second-order valence-electron chi connectivity index (χ2n) is 10.4. The fourth-order valence-corrected chi connectivity index (χ4v) is 5.78. The van der Waals surface area contributed by atoms with Crippen molar-refractivity contribution in [3.8, 4) is 11.5 Å². The van der Waals surface area contributed by atoms with Gasteiger partial charge in [0.1, 0.15) is 18.1 Å². The molecule has 40 heavy (non-hydrogen) atoms. The number of methoxy groups -OCH3 is 1. The van der Waals surface area contributed by atoms with E-state index < -0.39 is 0 Å². The topological polar surface area (TPSA) is 69.6 Å². The van der Waals surface area contributed by atoms with Crippen LogP contribution in [0.15, 0.2) is 66.7 Å². The third-order valence-electron chi connectivity index (χ3n) is 7.82. The molecule has 0 bridgehead atoms. The summed E-state index contributed by atoms with van der Waals surface area (Å²) in [7, 11) is 1.60. The van der Waals surface area contributed by atoms with Crippen molar-refractivity contribution in [2.75, 3.05) is 20.3 Å². The minimum atomic E-state index is -0.182. The number of nitrogens with one attached hydrogen (secondary N) is 1. The molecular formula is C33H35ClN2O4. The van der Waals surface area contributed by atoms with Crippen molar-refractivity contribution in [3.63, 3.8) is 0 Å². The van der Waals surface area contributed by atoms with E-state index in [1.807, 2.05) is 37.3 Å². The summed E-state index contributed by atoms with van der Waals surface area (Å²) in [6, 6.07) is 20.7. The van der Waals surface area contributed by atoms with Crippen molar-refractivity contribution in [2.45, 2.75) is 51.4 Å². The smallest absolute Gasteiger partial charge is 0.262 e. The molecule has 1 aromatic heterocycles. The third-order valence-corrected chi connectivity index (χ3v) is 8.08. The fourth-order valence-electron chi connectivity index (χ4n) is 5.65. The number of hydrogen-bond donors (Lipinski definition) is 1. The molecular weight excluding hydrogens is 524 g/mol. The molecule has 0 atom stereocenters. The maximum absolute atomic E-state index is 13.5. The van der Waals surface area contributed by atoms with E-state index in [4.69, 9.17) is 21.1 Å². The van der Waals surface area contributed by atoms with E-state index in [9.17, 15) is 9.59 Å². The van der Waals surface area contributed by atoms with Gasteiger partial charge in [0.25, 0.3) is 5.91 Å². The molecule has 208 valence electrons. The molecule has 1 aliphatic rings. The number of amides is 1. The number of ether oxygens (including phenoxy) is 2. The summed E-state index contributed by atoms with van der Waals surface area (Å²) in [5, 5.41) is 4.33. The molecule has 0 unspecified atom stereocenters. The van der Waals surface area contributed by atoms with E-state index in [0.29, 0.717) is 41.1 Å². The van der Waals surface area contributed by atoms with E-state index in [2.05, 4.69) is 17.4 Å². The molecule has 0 saturated heterocycles. The first-order valence-corrected chi connectivity index (χ1v) is 14.3. The molecule has 7 heteroatoms. The summed E-state index contributed by atoms with van der Waals surface area (Å²) in [6.07, 6.45) is 6.65. The van der Waals surface area contributed by atoms with Crippen molar-refractivity contribution in [1.29, 1.82) is 0 Å². The van der Waals surface area contributed by atoms with Crippen LogP contribution in [-0.2, 0) is 11.2 Å². The first kappa shape index (κ1) is 27.8. The van der Waals surface area contributed by atoms with Crippen LogP contribution < -0.4 is 14.8 Å². The number of nitrogens with zero attached hydrogens (tertiary/aromatic N) is 1. The molecule has 6 nitrogen and oxygen atoms in total. The van der Waals surface area contributed by atoms with Gasteiger partial charge in [0, 0.05) is 21.7 Å². The summed E-state index contributed by atoms with van der Waals surface area (Å²) in [6.45, 7) is 2.62. The van der Waals surface area contributed by atoms with Gasteiger partial charge in [-0.3, -0.25) is 14.2 Å². The normalized spacial score (nSPS) is 13.8. The number of benzene rings is 3. The first-order valence-electron chi connectivity index (χ1n) is 13.9. The highest BCUT2D eigenvalue weighted by molar-refractivity contribution is 6.30. The van der Waals surface area contributed by atoms with Gasteiger partial charge < -0.3 is 14.8 Å². The predicted octanol–water partition coefficient (Wildman–Crippen LogP) is 7.09. The van der Waals surface area contributed by atoms with Crippen molar-refractivity contribution < 1.29 is 19.1 Å². The summed E-state index contributed by atoms with van der Waals surface area (Å²) >= 11 is 6.02. The Balaban J connectivity index is 1.24. The number of halogens is 1. The fraction of sp³-hybridized carbons (Fsp3) is 0.333. The largest absolute Gasteiger partial charge is 0.497 e. The molecule has 1 N–H and O–H groups in total. The van der Waals surface area contributed by atoms with E-state index in [-0.39, 0.29) is 18.2 Å². The highest BCUT2D eigenvalue weighted by atomic mass is 35.5. The average molecular weight is 559 g/mol. The molecule has 1 heterocycles. The third kappa shape index (κ3) is 6.18. The van der Waals surface area contributed by atoms with Gasteiger partial charge in [-0.25, -0.2) is 0 Å². The molecule has 0 radical (unpaired) electrons. The maximum Gasteiger partial charge on any atom is 0.262 e. The van der Waals surface area contributed by atoms with E-state index in [1.54, 1.807) is 35.9 Å². The van der Waals surface area contributed by atoms with Crippen LogP contribution in [-0.4, -0.2) is 36.6 Å². The van der Waals surface area contributed by atoms with Crippen molar-refractivity contribution in [1.82, 2.24) is 9.88 Å². The van der Waals surface area contributed by atoms with E-state index in [1.165, 1.54) is 37.7 Å². The van der Waals surface area contributed by atoms with Crippen molar-refractivity contribution in [3.05, 3.63) is 94.1 Å². The monoisotopic (exact) mass is 558 g/mol. The molecule has 1 fully saturated rings. The number of hydrogen-bond acceptors (Lipinski definition) is 4. The molecule has 1 saturated carbocycles. The number of rotatable bonds is 9. The summed E-state index contributed by atoms with van der Waals surface area (Å²) in [5.41, 5.74) is 4.13. The summed E-state index contributed by atoms with van der Waals surface area (Å²) < 4.78 is 13.0. The van der Waals surface area contributed by atoms with Gasteiger partial charge in [0.2, 0.25) is 5.91 Å². The Morgan fingerprint density at radius 3 is 2.35 bits per heavy atom. The predicted molar refractivity (Wildman–Crippen MR) is 159 cm³/mol. The minimum absolute atomic E-state index is 0.131. The van der Waals surface area contributed by atoms with Crippen LogP contribution in [0.2, 0.25) is 5.02 Å². The SMILES string of the molecule is COc1ccc2c(c1)c(CC(=O)NCCOc1ccc(C3CCCCC3)cc1)c(C)n2C(=O)c1ccc(Cl)cc1. The molecule has 1 amide bonds. The highest BCUT2D eigenvalue weighted by Crippen LogP contribution is 2.33. The van der Waals surface area contributed by atoms with Gasteiger partial charge in [-0.2, -0.15) is 0 Å². The van der Waals surface area contributed by atoms with Crippen LogP contribution in [0.1, 0.15) is 65.2 Å². The van der Waals surface area contributed by atoms with E-state index in [0.717, 1.165) is 22.2 Å². The average Bonchev–Trinajstić information content (AvgIpc) is 3.26. The number of fused-ring (bicyclic) bond motifs is 1. The van der Waals surface area contributed by atoms with Gasteiger partial charge in [-0.05, 0) is 91.4 Å². The zero-order valence-electron chi connectivity index (χ0n) is 23.0. The van der Waals surface area contributed by atoms with Crippen LogP contribution in [0.5, 0.6) is 11.5 Å². The zero-order chi connectivity index (χ0) is 28.1. The Morgan fingerprint density at radius 2 is 1.65 bits per heavy atom. The minimum Gasteiger partial charge on any atom is -0.497 e. The van der Waals surface area contributed by atoms with Crippen LogP contribution in [0, 0.1) is 6.92 Å². The Kier molecular flexibility index (Phi) is 8.75. The lowest BCUT2D eigenvalue weighted by atomic mass is 9.84. The van der Waals surface area contributed by atoms with E-state index >= 15 is 0 Å². The van der Waals surface area contributed by atoms with Gasteiger partial charge in [-0.15, -0.1) is 0 Å². The number of aromatic nitrogens is 1. The molecule has 0 aliphatic heterocycles. The standard InChI is InChI=1S/C33H35ClN2O4/c1-22-29(21-32(37)35-18-19-40-27-14-10-24(11-15-27)23-6-4-3-5-7-23)30-20-28(39-2)16-17-31(30)36(22)33(38)25-8-12-26(34)13-9-25/h8-17,20,23H,3-7,18-19,21H2,1-2H3,(H,35,37). The lowest BCUT2D eigenvalue weighted by Gasteiger charge is -2.22. The highest BCUT2D eigenvalue weighted by Gasteiger charge is 2.22. The summed E-state index contributed by atoms with van der Waals surface area (Å²) in [5.74, 6) is 1.81. The Morgan fingerprint density at radius 1 is 0.950 bits per heavy atom. The Hall–Kier alpha value is -3.77. The molecule has 4 aromatic rings. The zero-order valence-corrected chi connectivity index (χ0v) is 23.8. The maximum atomic E-state index is 13.5. The van der Waals surface area contributed by atoms with Gasteiger partial charge >= 0.3 is 0 Å². The lowest BCUT2D eigenvalue weighted by Crippen LogP contribution is -2.29. The van der Waals surface area contributed by atoms with Crippen LogP contribution in [0.4, 0.5) is 0 Å². The van der Waals surface area contributed by atoms with Crippen molar-refractivity contribution >= 4 is 34.3 Å². The van der Waals surface area contributed by atoms with Crippen molar-refractivity contribution in [2.24, 2.45) is 0 Å². The van der Waals surface area contributed by atoms with Gasteiger partial charge in [0.05, 0.1) is 25.6 Å². The Bertz CT molecular complexity index is 1490. The second kappa shape index (κ2) is 12.6. The van der Waals surface area contributed by atoms with Crippen LogP contribution in [0.25, 0.3) is 10.9 Å². The lowest BCUT2D eigenvalue weighted by molar-refractivity contribution is -0.120.